The minimum Gasteiger partial charge on any atom is -0.507 e. The Morgan fingerprint density at radius 2 is 1.84 bits per heavy atom. The molecule has 2 aromatic carbocycles. The van der Waals surface area contributed by atoms with Crippen molar-refractivity contribution in [2.45, 2.75) is 6.04 Å². The van der Waals surface area contributed by atoms with Crippen LogP contribution < -0.4 is 14.4 Å². The molecule has 0 bridgehead atoms. The van der Waals surface area contributed by atoms with E-state index < -0.39 is 17.7 Å². The molecule has 156 valence electrons. The maximum absolute atomic E-state index is 13.1. The van der Waals surface area contributed by atoms with Crippen LogP contribution in [0.25, 0.3) is 5.76 Å². The number of nitrogens with zero attached hydrogens (tertiary/aromatic N) is 1. The van der Waals surface area contributed by atoms with Crippen LogP contribution in [-0.4, -0.2) is 30.0 Å². The molecule has 3 aromatic rings. The first-order valence-electron chi connectivity index (χ1n) is 9.54. The van der Waals surface area contributed by atoms with Crippen LogP contribution in [-0.2, 0) is 9.59 Å². The van der Waals surface area contributed by atoms with E-state index in [2.05, 4.69) is 15.9 Å². The van der Waals surface area contributed by atoms with Crippen molar-refractivity contribution in [3.05, 3.63) is 80.5 Å². The third kappa shape index (κ3) is 3.41. The lowest BCUT2D eigenvalue weighted by Crippen LogP contribution is -2.29. The largest absolute Gasteiger partial charge is 0.507 e. The van der Waals surface area contributed by atoms with Crippen molar-refractivity contribution in [2.24, 2.45) is 0 Å². The highest BCUT2D eigenvalue weighted by Crippen LogP contribution is 2.44. The first kappa shape index (κ1) is 19.8. The van der Waals surface area contributed by atoms with Gasteiger partial charge in [-0.05, 0) is 47.8 Å². The highest BCUT2D eigenvalue weighted by atomic mass is 79.9. The van der Waals surface area contributed by atoms with Gasteiger partial charge in [-0.25, -0.2) is 0 Å². The topological polar surface area (TPSA) is 76.1 Å². The van der Waals surface area contributed by atoms with Gasteiger partial charge in [-0.15, -0.1) is 11.3 Å². The number of aliphatic hydroxyl groups is 1. The SMILES string of the molecule is O=C1C(=O)N(c2cccc(Br)c2)C(c2cccs2)/C1=C(/O)c1ccc2c(c1)OCCO2. The van der Waals surface area contributed by atoms with Gasteiger partial charge in [0, 0.05) is 20.6 Å². The lowest BCUT2D eigenvalue weighted by atomic mass is 9.99. The molecule has 0 radical (unpaired) electrons. The van der Waals surface area contributed by atoms with Crippen molar-refractivity contribution >= 4 is 50.4 Å². The van der Waals surface area contributed by atoms with Gasteiger partial charge < -0.3 is 14.6 Å². The Kier molecular flexibility index (Phi) is 5.03. The molecule has 0 spiro atoms. The van der Waals surface area contributed by atoms with Gasteiger partial charge in [0.2, 0.25) is 0 Å². The van der Waals surface area contributed by atoms with Crippen molar-refractivity contribution in [3.63, 3.8) is 0 Å². The molecule has 6 nitrogen and oxygen atoms in total. The minimum atomic E-state index is -0.734. The predicted molar refractivity (Wildman–Crippen MR) is 121 cm³/mol. The average Bonchev–Trinajstić information content (AvgIpc) is 3.40. The fourth-order valence-electron chi connectivity index (χ4n) is 3.79. The molecule has 1 aromatic heterocycles. The zero-order valence-corrected chi connectivity index (χ0v) is 18.5. The number of aliphatic hydroxyl groups excluding tert-OH is 1. The van der Waals surface area contributed by atoms with Crippen LogP contribution in [0, 0.1) is 0 Å². The van der Waals surface area contributed by atoms with Crippen molar-refractivity contribution in [2.75, 3.05) is 18.1 Å². The molecule has 1 atom stereocenters. The summed E-state index contributed by atoms with van der Waals surface area (Å²) in [4.78, 5) is 28.4. The Labute approximate surface area is 190 Å². The van der Waals surface area contributed by atoms with Gasteiger partial charge >= 0.3 is 0 Å². The fraction of sp³-hybridized carbons (Fsp3) is 0.130. The number of benzene rings is 2. The number of rotatable bonds is 3. The second-order valence-corrected chi connectivity index (χ2v) is 8.92. The number of hydrogen-bond acceptors (Lipinski definition) is 6. The average molecular weight is 498 g/mol. The van der Waals surface area contributed by atoms with Crippen LogP contribution in [0.3, 0.4) is 0 Å². The zero-order chi connectivity index (χ0) is 21.5. The lowest BCUT2D eigenvalue weighted by molar-refractivity contribution is -0.132. The van der Waals surface area contributed by atoms with E-state index in [1.54, 1.807) is 36.4 Å². The number of ether oxygens (including phenoxy) is 2. The third-order valence-electron chi connectivity index (χ3n) is 5.16. The molecule has 2 aliphatic rings. The molecule has 1 amide bonds. The predicted octanol–water partition coefficient (Wildman–Crippen LogP) is 4.91. The van der Waals surface area contributed by atoms with Gasteiger partial charge in [0.15, 0.2) is 11.5 Å². The van der Waals surface area contributed by atoms with Crippen LogP contribution in [0.2, 0.25) is 0 Å². The number of carbonyl (C=O) groups excluding carboxylic acids is 2. The molecular formula is C23H16BrNO5S. The number of Topliss-reactive ketones (excluding diaryl/α,β-unsaturated/α-hetero) is 1. The third-order valence-corrected chi connectivity index (χ3v) is 6.58. The van der Waals surface area contributed by atoms with Gasteiger partial charge in [-0.1, -0.05) is 28.1 Å². The van der Waals surface area contributed by atoms with E-state index in [4.69, 9.17) is 9.47 Å². The number of hydrogen-bond donors (Lipinski definition) is 1. The quantitative estimate of drug-likeness (QED) is 0.316. The summed E-state index contributed by atoms with van der Waals surface area (Å²) in [5.41, 5.74) is 0.998. The minimum absolute atomic E-state index is 0.0455. The lowest BCUT2D eigenvalue weighted by Gasteiger charge is -2.24. The van der Waals surface area contributed by atoms with E-state index in [0.717, 1.165) is 9.35 Å². The van der Waals surface area contributed by atoms with Crippen molar-refractivity contribution in [1.29, 1.82) is 0 Å². The van der Waals surface area contributed by atoms with Crippen molar-refractivity contribution < 1.29 is 24.2 Å². The Morgan fingerprint density at radius 1 is 1.03 bits per heavy atom. The van der Waals surface area contributed by atoms with Crippen LogP contribution in [0.4, 0.5) is 5.69 Å². The number of amides is 1. The monoisotopic (exact) mass is 497 g/mol. The Bertz CT molecular complexity index is 1220. The zero-order valence-electron chi connectivity index (χ0n) is 16.1. The van der Waals surface area contributed by atoms with Crippen molar-refractivity contribution in [3.8, 4) is 11.5 Å². The Balaban J connectivity index is 1.68. The molecule has 1 N–H and O–H groups in total. The van der Waals surface area contributed by atoms with Crippen molar-refractivity contribution in [1.82, 2.24) is 0 Å². The molecule has 3 heterocycles. The molecular weight excluding hydrogens is 482 g/mol. The number of fused-ring (bicyclic) bond motifs is 1. The van der Waals surface area contributed by atoms with Crippen LogP contribution in [0.1, 0.15) is 16.5 Å². The normalized spacial score (nSPS) is 19.6. The molecule has 1 fully saturated rings. The maximum atomic E-state index is 13.1. The molecule has 31 heavy (non-hydrogen) atoms. The number of ketones is 1. The molecule has 2 aliphatic heterocycles. The smallest absolute Gasteiger partial charge is 0.300 e. The second kappa shape index (κ2) is 7.86. The van der Waals surface area contributed by atoms with Gasteiger partial charge in [0.25, 0.3) is 11.7 Å². The summed E-state index contributed by atoms with van der Waals surface area (Å²) in [7, 11) is 0. The summed E-state index contributed by atoms with van der Waals surface area (Å²) < 4.78 is 11.9. The van der Waals surface area contributed by atoms with Gasteiger partial charge in [-0.2, -0.15) is 0 Å². The summed E-state index contributed by atoms with van der Waals surface area (Å²) in [6, 6.07) is 15.1. The summed E-state index contributed by atoms with van der Waals surface area (Å²) >= 11 is 4.84. The fourth-order valence-corrected chi connectivity index (χ4v) is 5.00. The van der Waals surface area contributed by atoms with E-state index >= 15 is 0 Å². The van der Waals surface area contributed by atoms with E-state index in [9.17, 15) is 14.7 Å². The number of halogens is 1. The number of carbonyl (C=O) groups is 2. The van der Waals surface area contributed by atoms with E-state index in [-0.39, 0.29) is 11.3 Å². The summed E-state index contributed by atoms with van der Waals surface area (Å²) in [6.07, 6.45) is 0. The van der Waals surface area contributed by atoms with Crippen LogP contribution in [0.5, 0.6) is 11.5 Å². The Morgan fingerprint density at radius 3 is 2.58 bits per heavy atom. The Hall–Kier alpha value is -3.10. The number of thiophene rings is 1. The van der Waals surface area contributed by atoms with Gasteiger partial charge in [0.1, 0.15) is 25.0 Å². The molecule has 8 heteroatoms. The highest BCUT2D eigenvalue weighted by molar-refractivity contribution is 9.10. The first-order chi connectivity index (χ1) is 15.0. The molecule has 1 saturated heterocycles. The van der Waals surface area contributed by atoms with Gasteiger partial charge in [0.05, 0.1) is 5.57 Å². The molecule has 0 saturated carbocycles. The van der Waals surface area contributed by atoms with Crippen LogP contribution in [0.15, 0.2) is 70.0 Å². The maximum Gasteiger partial charge on any atom is 0.300 e. The highest BCUT2D eigenvalue weighted by Gasteiger charge is 2.47. The molecule has 1 unspecified atom stereocenters. The van der Waals surface area contributed by atoms with Gasteiger partial charge in [-0.3, -0.25) is 14.5 Å². The summed E-state index contributed by atoms with van der Waals surface area (Å²) in [5, 5.41) is 13.1. The second-order valence-electron chi connectivity index (χ2n) is 7.02. The van der Waals surface area contributed by atoms with Crippen LogP contribution >= 0.6 is 27.3 Å². The molecule has 0 aliphatic carbocycles. The standard InChI is InChI=1S/C23H16BrNO5S/c24-14-3-1-4-15(12-14)25-20(18-5-2-10-31-18)19(22(27)23(25)28)21(26)13-6-7-16-17(11-13)30-9-8-29-16/h1-7,10-12,20,26H,8-9H2/b21-19-. The van der Waals surface area contributed by atoms with E-state index in [1.807, 2.05) is 23.6 Å². The van der Waals surface area contributed by atoms with E-state index in [0.29, 0.717) is 36.0 Å². The first-order valence-corrected chi connectivity index (χ1v) is 11.2. The molecule has 5 rings (SSSR count). The summed E-state index contributed by atoms with van der Waals surface area (Å²) in [6.45, 7) is 0.855. The van der Waals surface area contributed by atoms with E-state index in [1.165, 1.54) is 16.2 Å². The summed E-state index contributed by atoms with van der Waals surface area (Å²) in [5.74, 6) is -0.594. The number of anilines is 1.